The monoisotopic (exact) mass is 286 g/mol. The summed E-state index contributed by atoms with van der Waals surface area (Å²) in [7, 11) is 1.87. The summed E-state index contributed by atoms with van der Waals surface area (Å²) in [5.41, 5.74) is 1.40. The Morgan fingerprint density at radius 2 is 1.90 bits per heavy atom. The van der Waals surface area contributed by atoms with Gasteiger partial charge in [-0.1, -0.05) is 30.3 Å². The van der Waals surface area contributed by atoms with E-state index in [-0.39, 0.29) is 0 Å². The second-order valence-electron chi connectivity index (χ2n) is 6.20. The summed E-state index contributed by atoms with van der Waals surface area (Å²) in [6.07, 6.45) is 5.11. The van der Waals surface area contributed by atoms with Crippen LogP contribution in [-0.4, -0.2) is 43.1 Å². The third kappa shape index (κ3) is 3.97. The fraction of sp³-hybridized carbons (Fsp3) is 0.588. The van der Waals surface area contributed by atoms with Crippen LogP contribution in [0, 0.1) is 0 Å². The third-order valence-corrected chi connectivity index (χ3v) is 4.53. The summed E-state index contributed by atoms with van der Waals surface area (Å²) in [4.78, 5) is 6.88. The first-order valence-corrected chi connectivity index (χ1v) is 8.09. The van der Waals surface area contributed by atoms with Gasteiger partial charge in [-0.2, -0.15) is 0 Å². The molecule has 1 aromatic carbocycles. The minimum atomic E-state index is 0.514. The molecule has 4 nitrogen and oxygen atoms in total. The Hall–Kier alpha value is -1.55. The van der Waals surface area contributed by atoms with Crippen molar-refractivity contribution in [3.8, 4) is 0 Å². The number of guanidine groups is 1. The van der Waals surface area contributed by atoms with Crippen LogP contribution in [-0.2, 0) is 6.54 Å². The summed E-state index contributed by atoms with van der Waals surface area (Å²) in [6, 6.07) is 11.9. The van der Waals surface area contributed by atoms with Crippen LogP contribution in [0.25, 0.3) is 0 Å². The molecule has 0 spiro atoms. The van der Waals surface area contributed by atoms with Crippen molar-refractivity contribution in [2.24, 2.45) is 4.99 Å². The number of rotatable bonds is 4. The molecular formula is C17H26N4. The van der Waals surface area contributed by atoms with Crippen LogP contribution in [0.5, 0.6) is 0 Å². The summed E-state index contributed by atoms with van der Waals surface area (Å²) >= 11 is 0. The largest absolute Gasteiger partial charge is 0.354 e. The summed E-state index contributed by atoms with van der Waals surface area (Å²) in [5, 5.41) is 7.09. The highest BCUT2D eigenvalue weighted by Crippen LogP contribution is 2.18. The topological polar surface area (TPSA) is 39.7 Å². The van der Waals surface area contributed by atoms with Crippen LogP contribution in [0.1, 0.15) is 31.2 Å². The van der Waals surface area contributed by atoms with Gasteiger partial charge >= 0.3 is 0 Å². The molecule has 2 N–H and O–H groups in total. The minimum Gasteiger partial charge on any atom is -0.354 e. The Labute approximate surface area is 127 Å². The lowest BCUT2D eigenvalue weighted by molar-refractivity contribution is 0.323. The van der Waals surface area contributed by atoms with Crippen molar-refractivity contribution in [1.29, 1.82) is 0 Å². The van der Waals surface area contributed by atoms with Gasteiger partial charge in [0, 0.05) is 38.8 Å². The predicted octanol–water partition coefficient (Wildman–Crippen LogP) is 1.98. The Morgan fingerprint density at radius 3 is 2.57 bits per heavy atom. The Bertz CT molecular complexity index is 467. The SMILES string of the molecule is CN=C(NC1CCC1)NC1CCN(Cc2ccccc2)C1. The van der Waals surface area contributed by atoms with Crippen LogP contribution < -0.4 is 10.6 Å². The first-order chi connectivity index (χ1) is 10.3. The van der Waals surface area contributed by atoms with Gasteiger partial charge < -0.3 is 10.6 Å². The van der Waals surface area contributed by atoms with Crippen LogP contribution in [0.3, 0.4) is 0 Å². The normalized spacial score (nSPS) is 23.9. The highest BCUT2D eigenvalue weighted by molar-refractivity contribution is 5.80. The molecule has 1 saturated carbocycles. The molecule has 2 aliphatic rings. The van der Waals surface area contributed by atoms with Crippen LogP contribution in [0.15, 0.2) is 35.3 Å². The van der Waals surface area contributed by atoms with Crippen LogP contribution in [0.2, 0.25) is 0 Å². The molecule has 0 amide bonds. The maximum Gasteiger partial charge on any atom is 0.191 e. The zero-order valence-corrected chi connectivity index (χ0v) is 12.9. The quantitative estimate of drug-likeness (QED) is 0.657. The molecule has 0 bridgehead atoms. The van der Waals surface area contributed by atoms with E-state index in [4.69, 9.17) is 0 Å². The van der Waals surface area contributed by atoms with Crippen LogP contribution in [0.4, 0.5) is 0 Å². The van der Waals surface area contributed by atoms with Gasteiger partial charge in [0.1, 0.15) is 0 Å². The van der Waals surface area contributed by atoms with Gasteiger partial charge in [0.2, 0.25) is 0 Å². The lowest BCUT2D eigenvalue weighted by Gasteiger charge is -2.29. The number of nitrogens with zero attached hydrogens (tertiary/aromatic N) is 2. The zero-order chi connectivity index (χ0) is 14.5. The Morgan fingerprint density at radius 1 is 1.14 bits per heavy atom. The standard InChI is InChI=1S/C17H26N4/c1-18-17(19-15-8-5-9-15)20-16-10-11-21(13-16)12-14-6-3-2-4-7-14/h2-4,6-7,15-16H,5,8-13H2,1H3,(H2,18,19,20). The van der Waals surface area contributed by atoms with Gasteiger partial charge in [0.25, 0.3) is 0 Å². The summed E-state index contributed by atoms with van der Waals surface area (Å²) < 4.78 is 0. The number of likely N-dealkylation sites (tertiary alicyclic amines) is 1. The fourth-order valence-electron chi connectivity index (χ4n) is 3.05. The molecule has 1 aromatic rings. The Balaban J connectivity index is 1.45. The third-order valence-electron chi connectivity index (χ3n) is 4.53. The zero-order valence-electron chi connectivity index (χ0n) is 12.9. The summed E-state index contributed by atoms with van der Waals surface area (Å²) in [6.45, 7) is 3.31. The molecule has 0 radical (unpaired) electrons. The molecule has 1 heterocycles. The number of benzene rings is 1. The van der Waals surface area contributed by atoms with Crippen molar-refractivity contribution < 1.29 is 0 Å². The highest BCUT2D eigenvalue weighted by Gasteiger charge is 2.24. The molecule has 114 valence electrons. The number of nitrogens with one attached hydrogen (secondary N) is 2. The molecular weight excluding hydrogens is 260 g/mol. The van der Waals surface area contributed by atoms with Crippen molar-refractivity contribution in [1.82, 2.24) is 15.5 Å². The average Bonchev–Trinajstić information content (AvgIpc) is 2.89. The van der Waals surface area contributed by atoms with E-state index in [2.05, 4.69) is 50.9 Å². The maximum absolute atomic E-state index is 4.36. The van der Waals surface area contributed by atoms with Crippen molar-refractivity contribution in [2.75, 3.05) is 20.1 Å². The van der Waals surface area contributed by atoms with Crippen molar-refractivity contribution in [2.45, 2.75) is 44.3 Å². The smallest absolute Gasteiger partial charge is 0.191 e. The fourth-order valence-corrected chi connectivity index (χ4v) is 3.05. The molecule has 2 fully saturated rings. The maximum atomic E-state index is 4.36. The lowest BCUT2D eigenvalue weighted by atomic mass is 9.93. The lowest BCUT2D eigenvalue weighted by Crippen LogP contribution is -2.50. The molecule has 21 heavy (non-hydrogen) atoms. The van der Waals surface area contributed by atoms with E-state index in [1.54, 1.807) is 0 Å². The number of aliphatic imine (C=N–C) groups is 1. The van der Waals surface area contributed by atoms with E-state index in [0.717, 1.165) is 25.6 Å². The van der Waals surface area contributed by atoms with E-state index < -0.39 is 0 Å². The van der Waals surface area contributed by atoms with E-state index in [1.807, 2.05) is 7.05 Å². The first-order valence-electron chi connectivity index (χ1n) is 8.09. The molecule has 1 aliphatic heterocycles. The second-order valence-corrected chi connectivity index (χ2v) is 6.20. The van der Waals surface area contributed by atoms with E-state index >= 15 is 0 Å². The van der Waals surface area contributed by atoms with Gasteiger partial charge in [0.05, 0.1) is 0 Å². The van der Waals surface area contributed by atoms with Crippen LogP contribution >= 0.6 is 0 Å². The highest BCUT2D eigenvalue weighted by atomic mass is 15.2. The van der Waals surface area contributed by atoms with Crippen molar-refractivity contribution >= 4 is 5.96 Å². The summed E-state index contributed by atoms with van der Waals surface area (Å²) in [5.74, 6) is 0.978. The minimum absolute atomic E-state index is 0.514. The molecule has 0 aromatic heterocycles. The molecule has 4 heteroatoms. The molecule has 1 unspecified atom stereocenters. The second kappa shape index (κ2) is 6.94. The van der Waals surface area contributed by atoms with E-state index in [9.17, 15) is 0 Å². The van der Waals surface area contributed by atoms with Gasteiger partial charge in [-0.15, -0.1) is 0 Å². The first kappa shape index (κ1) is 14.4. The van der Waals surface area contributed by atoms with Gasteiger partial charge in [-0.25, -0.2) is 0 Å². The predicted molar refractivity (Wildman–Crippen MR) is 87.4 cm³/mol. The van der Waals surface area contributed by atoms with Gasteiger partial charge in [0.15, 0.2) is 5.96 Å². The molecule has 1 saturated heterocycles. The Kier molecular flexibility index (Phi) is 4.76. The number of hydrogen-bond donors (Lipinski definition) is 2. The van der Waals surface area contributed by atoms with Gasteiger partial charge in [-0.05, 0) is 31.2 Å². The van der Waals surface area contributed by atoms with Gasteiger partial charge in [-0.3, -0.25) is 9.89 Å². The molecule has 3 rings (SSSR count). The average molecular weight is 286 g/mol. The van der Waals surface area contributed by atoms with Crippen molar-refractivity contribution in [3.63, 3.8) is 0 Å². The molecule has 1 aliphatic carbocycles. The van der Waals surface area contributed by atoms with E-state index in [0.29, 0.717) is 12.1 Å². The van der Waals surface area contributed by atoms with Crippen molar-refractivity contribution in [3.05, 3.63) is 35.9 Å². The van der Waals surface area contributed by atoms with E-state index in [1.165, 1.54) is 31.2 Å². The molecule has 1 atom stereocenters. The number of hydrogen-bond acceptors (Lipinski definition) is 2.